The molecule has 0 radical (unpaired) electrons. The minimum atomic E-state index is -4.81. The van der Waals surface area contributed by atoms with Gasteiger partial charge in [0, 0.05) is 7.05 Å². The fraction of sp³-hybridized carbons (Fsp3) is 0.308. The smallest absolute Gasteiger partial charge is 0.395 e. The topological polar surface area (TPSA) is 78.0 Å². The van der Waals surface area contributed by atoms with Crippen LogP contribution in [0.5, 0.6) is 0 Å². The van der Waals surface area contributed by atoms with E-state index in [1.165, 1.54) is 0 Å². The first kappa shape index (κ1) is 16.3. The molecule has 120 valence electrons. The second-order valence-corrected chi connectivity index (χ2v) is 6.78. The highest BCUT2D eigenvalue weighted by atomic mass is 32.2. The molecule has 0 aliphatic rings. The largest absolute Gasteiger partial charge is 0.437 e. The van der Waals surface area contributed by atoms with Gasteiger partial charge in [-0.05, 0) is 18.1 Å². The molecule has 0 spiro atoms. The van der Waals surface area contributed by atoms with Crippen molar-refractivity contribution in [1.82, 2.24) is 9.78 Å². The highest BCUT2D eigenvalue weighted by Gasteiger charge is 2.40. The van der Waals surface area contributed by atoms with E-state index in [1.54, 1.807) is 31.2 Å². The van der Waals surface area contributed by atoms with Gasteiger partial charge in [0.1, 0.15) is 5.69 Å². The molecule has 1 aromatic carbocycles. The van der Waals surface area contributed by atoms with Crippen LogP contribution < -0.4 is 5.73 Å². The van der Waals surface area contributed by atoms with Gasteiger partial charge in [-0.2, -0.15) is 18.3 Å². The maximum Gasteiger partial charge on any atom is 0.437 e. The molecule has 0 saturated heterocycles. The molecule has 0 unspecified atom stereocenters. The first-order valence-electron chi connectivity index (χ1n) is 6.21. The Morgan fingerprint density at radius 3 is 2.36 bits per heavy atom. The lowest BCUT2D eigenvalue weighted by molar-refractivity contribution is -0.140. The molecule has 0 fully saturated rings. The molecule has 0 bridgehead atoms. The van der Waals surface area contributed by atoms with Gasteiger partial charge in [-0.3, -0.25) is 4.68 Å². The van der Waals surface area contributed by atoms with Gasteiger partial charge in [0.25, 0.3) is 0 Å². The normalized spacial score (nSPS) is 12.6. The number of halogens is 3. The van der Waals surface area contributed by atoms with Crippen LogP contribution in [0.3, 0.4) is 0 Å². The summed E-state index contributed by atoms with van der Waals surface area (Å²) in [5.41, 5.74) is 4.35. The summed E-state index contributed by atoms with van der Waals surface area (Å²) >= 11 is 0. The predicted molar refractivity (Wildman–Crippen MR) is 74.7 cm³/mol. The Balaban J connectivity index is 2.52. The van der Waals surface area contributed by atoms with Crippen molar-refractivity contribution in [2.45, 2.75) is 23.9 Å². The van der Waals surface area contributed by atoms with Crippen molar-refractivity contribution in [2.24, 2.45) is 7.05 Å². The highest BCUT2D eigenvalue weighted by Crippen LogP contribution is 2.36. The number of nitrogens with two attached hydrogens (primary N) is 1. The molecule has 1 heterocycles. The number of hydrogen-bond acceptors (Lipinski definition) is 4. The Kier molecular flexibility index (Phi) is 3.94. The number of rotatable bonds is 3. The standard InChI is InChI=1S/C13H14F3N3O2S/c1-8-5-3-4-6-9(8)7-22(20,21)12-10(17)11(13(14,15)16)18-19(12)2/h3-6H,7,17H2,1-2H3. The maximum absolute atomic E-state index is 12.8. The summed E-state index contributed by atoms with van der Waals surface area (Å²) in [6.45, 7) is 1.72. The fourth-order valence-corrected chi connectivity index (χ4v) is 3.89. The third-order valence-corrected chi connectivity index (χ3v) is 4.96. The van der Waals surface area contributed by atoms with E-state index in [0.717, 1.165) is 12.6 Å². The zero-order valence-electron chi connectivity index (χ0n) is 11.8. The monoisotopic (exact) mass is 333 g/mol. The van der Waals surface area contributed by atoms with Crippen molar-refractivity contribution >= 4 is 15.5 Å². The Labute approximate surface area is 125 Å². The molecule has 22 heavy (non-hydrogen) atoms. The second-order valence-electron chi connectivity index (χ2n) is 4.87. The zero-order chi connectivity index (χ0) is 16.7. The first-order chi connectivity index (χ1) is 10.0. The molecule has 0 atom stereocenters. The van der Waals surface area contributed by atoms with E-state index in [2.05, 4.69) is 5.10 Å². The molecular weight excluding hydrogens is 319 g/mol. The summed E-state index contributed by atoms with van der Waals surface area (Å²) in [4.78, 5) is 0. The minimum absolute atomic E-state index is 0.444. The van der Waals surface area contributed by atoms with Gasteiger partial charge in [0.15, 0.2) is 10.7 Å². The van der Waals surface area contributed by atoms with E-state index in [0.29, 0.717) is 10.2 Å². The van der Waals surface area contributed by atoms with Crippen LogP contribution in [0.25, 0.3) is 0 Å². The minimum Gasteiger partial charge on any atom is -0.395 e. The van der Waals surface area contributed by atoms with Crippen molar-refractivity contribution in [3.63, 3.8) is 0 Å². The first-order valence-corrected chi connectivity index (χ1v) is 7.86. The van der Waals surface area contributed by atoms with E-state index in [-0.39, 0.29) is 0 Å². The van der Waals surface area contributed by atoms with Gasteiger partial charge in [-0.25, -0.2) is 8.42 Å². The van der Waals surface area contributed by atoms with Crippen LogP contribution in [0.2, 0.25) is 0 Å². The number of nitrogen functional groups attached to an aromatic ring is 1. The summed E-state index contributed by atoms with van der Waals surface area (Å²) in [6, 6.07) is 6.72. The van der Waals surface area contributed by atoms with Gasteiger partial charge in [-0.1, -0.05) is 24.3 Å². The number of hydrogen-bond donors (Lipinski definition) is 1. The van der Waals surface area contributed by atoms with Gasteiger partial charge in [0.05, 0.1) is 5.75 Å². The van der Waals surface area contributed by atoms with Crippen LogP contribution in [-0.2, 0) is 28.8 Å². The number of aryl methyl sites for hydroxylation is 2. The molecule has 2 aromatic rings. The third-order valence-electron chi connectivity index (χ3n) is 3.20. The number of sulfone groups is 1. The predicted octanol–water partition coefficient (Wildman–Crippen LogP) is 2.30. The second kappa shape index (κ2) is 5.31. The molecular formula is C13H14F3N3O2S. The van der Waals surface area contributed by atoms with Crippen LogP contribution in [0.1, 0.15) is 16.8 Å². The quantitative estimate of drug-likeness (QED) is 0.935. The fourth-order valence-electron chi connectivity index (χ4n) is 2.15. The summed E-state index contributed by atoms with van der Waals surface area (Å²) in [5.74, 6) is -0.444. The van der Waals surface area contributed by atoms with Crippen molar-refractivity contribution in [3.8, 4) is 0 Å². The molecule has 5 nitrogen and oxygen atoms in total. The lowest BCUT2D eigenvalue weighted by atomic mass is 10.1. The molecule has 9 heteroatoms. The number of anilines is 1. The Hall–Kier alpha value is -2.03. The lowest BCUT2D eigenvalue weighted by Crippen LogP contribution is -2.13. The summed E-state index contributed by atoms with van der Waals surface area (Å²) in [6.07, 6.45) is -4.81. The lowest BCUT2D eigenvalue weighted by Gasteiger charge is -2.08. The van der Waals surface area contributed by atoms with Crippen molar-refractivity contribution < 1.29 is 21.6 Å². The third kappa shape index (κ3) is 2.94. The van der Waals surface area contributed by atoms with E-state index in [4.69, 9.17) is 5.73 Å². The molecule has 1 aromatic heterocycles. The van der Waals surface area contributed by atoms with E-state index in [9.17, 15) is 21.6 Å². The Bertz CT molecular complexity index is 810. The number of alkyl halides is 3. The van der Waals surface area contributed by atoms with Gasteiger partial charge in [-0.15, -0.1) is 0 Å². The average molecular weight is 333 g/mol. The maximum atomic E-state index is 12.8. The molecule has 2 N–H and O–H groups in total. The Morgan fingerprint density at radius 2 is 1.86 bits per heavy atom. The highest BCUT2D eigenvalue weighted by molar-refractivity contribution is 7.90. The van der Waals surface area contributed by atoms with Gasteiger partial charge in [0.2, 0.25) is 9.84 Å². The van der Waals surface area contributed by atoms with E-state index >= 15 is 0 Å². The van der Waals surface area contributed by atoms with Crippen LogP contribution in [0.15, 0.2) is 29.3 Å². The van der Waals surface area contributed by atoms with Crippen LogP contribution in [0, 0.1) is 6.92 Å². The van der Waals surface area contributed by atoms with E-state index in [1.807, 2.05) is 0 Å². The van der Waals surface area contributed by atoms with Crippen LogP contribution in [-0.4, -0.2) is 18.2 Å². The van der Waals surface area contributed by atoms with Crippen molar-refractivity contribution in [1.29, 1.82) is 0 Å². The average Bonchev–Trinajstić information content (AvgIpc) is 2.68. The number of benzene rings is 1. The SMILES string of the molecule is Cc1ccccc1CS(=O)(=O)c1c(N)c(C(F)(F)F)nn1C. The zero-order valence-corrected chi connectivity index (χ0v) is 12.7. The van der Waals surface area contributed by atoms with Crippen LogP contribution in [0.4, 0.5) is 18.9 Å². The van der Waals surface area contributed by atoms with Gasteiger partial charge >= 0.3 is 6.18 Å². The molecule has 0 aliphatic carbocycles. The van der Waals surface area contributed by atoms with Crippen molar-refractivity contribution in [3.05, 3.63) is 41.1 Å². The summed E-state index contributed by atoms with van der Waals surface area (Å²) in [7, 11) is -2.94. The molecule has 2 rings (SSSR count). The molecule has 0 saturated carbocycles. The Morgan fingerprint density at radius 1 is 1.27 bits per heavy atom. The summed E-state index contributed by atoms with van der Waals surface area (Å²) in [5, 5.41) is 2.58. The van der Waals surface area contributed by atoms with Crippen molar-refractivity contribution in [2.75, 3.05) is 5.73 Å². The van der Waals surface area contributed by atoms with Crippen LogP contribution >= 0.6 is 0 Å². The van der Waals surface area contributed by atoms with E-state index < -0.39 is 38.2 Å². The summed E-state index contributed by atoms with van der Waals surface area (Å²) < 4.78 is 63.8. The number of aromatic nitrogens is 2. The number of nitrogens with zero attached hydrogens (tertiary/aromatic N) is 2. The molecule has 0 aliphatic heterocycles. The molecule has 0 amide bonds. The van der Waals surface area contributed by atoms with Gasteiger partial charge < -0.3 is 5.73 Å².